The lowest BCUT2D eigenvalue weighted by molar-refractivity contribution is -0.142. The van der Waals surface area contributed by atoms with Gasteiger partial charge in [0.25, 0.3) is 5.91 Å². The Morgan fingerprint density at radius 2 is 1.68 bits per heavy atom. The van der Waals surface area contributed by atoms with Crippen molar-refractivity contribution in [1.82, 2.24) is 29.7 Å². The van der Waals surface area contributed by atoms with Crippen molar-refractivity contribution in [3.05, 3.63) is 113 Å². The molecular weight excluding hydrogens is 517 g/mol. The van der Waals surface area contributed by atoms with Crippen LogP contribution < -0.4 is 5.32 Å². The largest absolute Gasteiger partial charge is 0.433 e. The van der Waals surface area contributed by atoms with Crippen molar-refractivity contribution in [1.29, 1.82) is 0 Å². The minimum atomic E-state index is -4.72. The number of aryl methyl sites for hydroxylation is 1. The third kappa shape index (κ3) is 4.37. The Kier molecular flexibility index (Phi) is 6.10. The number of halogens is 3. The molecule has 3 aromatic carbocycles. The van der Waals surface area contributed by atoms with Crippen LogP contribution in [0.5, 0.6) is 0 Å². The Labute approximate surface area is 226 Å². The number of hydrogen-bond acceptors (Lipinski definition) is 4. The number of rotatable bonds is 5. The predicted molar refractivity (Wildman–Crippen MR) is 145 cm³/mol. The van der Waals surface area contributed by atoms with E-state index in [0.29, 0.717) is 10.1 Å². The van der Waals surface area contributed by atoms with Gasteiger partial charge in [-0.05, 0) is 42.8 Å². The average molecular weight is 541 g/mol. The molecule has 3 heterocycles. The second kappa shape index (κ2) is 9.64. The fourth-order valence-corrected chi connectivity index (χ4v) is 4.93. The topological polar surface area (TPSA) is 77.1 Å². The molecule has 0 fully saturated rings. The Hall–Kier alpha value is -4.99. The molecule has 0 bridgehead atoms. The van der Waals surface area contributed by atoms with Crippen molar-refractivity contribution in [2.75, 3.05) is 0 Å². The molecule has 3 aromatic heterocycles. The monoisotopic (exact) mass is 540 g/mol. The Bertz CT molecular complexity index is 1880. The van der Waals surface area contributed by atoms with Crippen molar-refractivity contribution in [3.63, 3.8) is 0 Å². The third-order valence-electron chi connectivity index (χ3n) is 6.94. The number of alkyl halides is 3. The second-order valence-corrected chi connectivity index (χ2v) is 9.42. The minimum absolute atomic E-state index is 0.0571. The zero-order valence-electron chi connectivity index (χ0n) is 21.6. The lowest BCUT2D eigenvalue weighted by Gasteiger charge is -2.13. The van der Waals surface area contributed by atoms with Crippen LogP contribution in [0.3, 0.4) is 0 Å². The van der Waals surface area contributed by atoms with Gasteiger partial charge in [0.2, 0.25) is 0 Å². The Morgan fingerprint density at radius 3 is 2.45 bits per heavy atom. The van der Waals surface area contributed by atoms with E-state index in [9.17, 15) is 18.0 Å². The number of amides is 1. The van der Waals surface area contributed by atoms with Gasteiger partial charge in [-0.2, -0.15) is 23.4 Å². The summed E-state index contributed by atoms with van der Waals surface area (Å²) in [5.74, 6) is -0.586. The molecule has 0 aliphatic carbocycles. The van der Waals surface area contributed by atoms with E-state index in [4.69, 9.17) is 0 Å². The first-order valence-corrected chi connectivity index (χ1v) is 12.5. The summed E-state index contributed by atoms with van der Waals surface area (Å²) in [7, 11) is 0. The van der Waals surface area contributed by atoms with Crippen LogP contribution in [0.1, 0.15) is 33.0 Å². The smallest absolute Gasteiger partial charge is 0.348 e. The number of nitrogens with zero attached hydrogens (tertiary/aromatic N) is 5. The summed E-state index contributed by atoms with van der Waals surface area (Å²) in [6.45, 7) is 3.88. The molecule has 0 spiro atoms. The van der Waals surface area contributed by atoms with Gasteiger partial charge in [0.15, 0.2) is 11.3 Å². The molecule has 10 heteroatoms. The van der Waals surface area contributed by atoms with Crippen LogP contribution in [-0.2, 0) is 12.7 Å². The first-order chi connectivity index (χ1) is 19.2. The highest BCUT2D eigenvalue weighted by Crippen LogP contribution is 2.35. The second-order valence-electron chi connectivity index (χ2n) is 9.42. The van der Waals surface area contributed by atoms with Crippen LogP contribution in [0.15, 0.2) is 85.1 Å². The molecule has 1 amide bonds. The van der Waals surface area contributed by atoms with Crippen molar-refractivity contribution in [3.8, 4) is 16.9 Å². The number of para-hydroxylation sites is 1. The molecule has 6 rings (SSSR count). The molecule has 0 aliphatic rings. The molecule has 0 saturated heterocycles. The minimum Gasteiger partial charge on any atom is -0.348 e. The van der Waals surface area contributed by atoms with Gasteiger partial charge in [-0.1, -0.05) is 60.7 Å². The lowest BCUT2D eigenvalue weighted by Crippen LogP contribution is -2.24. The fourth-order valence-electron chi connectivity index (χ4n) is 4.93. The number of fused-ring (bicyclic) bond motifs is 2. The molecule has 0 unspecified atom stereocenters. The summed E-state index contributed by atoms with van der Waals surface area (Å²) >= 11 is 0. The van der Waals surface area contributed by atoms with E-state index in [0.717, 1.165) is 45.7 Å². The van der Waals surface area contributed by atoms with Crippen molar-refractivity contribution < 1.29 is 18.0 Å². The van der Waals surface area contributed by atoms with Crippen molar-refractivity contribution in [2.45, 2.75) is 26.6 Å². The molecule has 40 heavy (non-hydrogen) atoms. The quantitative estimate of drug-likeness (QED) is 0.278. The number of aromatic nitrogens is 5. The zero-order chi connectivity index (χ0) is 28.0. The van der Waals surface area contributed by atoms with Gasteiger partial charge < -0.3 is 5.32 Å². The molecule has 0 aliphatic heterocycles. The summed E-state index contributed by atoms with van der Waals surface area (Å²) in [6, 6.07) is 23.3. The molecule has 1 N–H and O–H groups in total. The van der Waals surface area contributed by atoms with Gasteiger partial charge in [0.1, 0.15) is 5.56 Å². The van der Waals surface area contributed by atoms with E-state index in [-0.39, 0.29) is 23.4 Å². The molecular formula is C30H23F3N6O. The number of carbonyl (C=O) groups is 1. The van der Waals surface area contributed by atoms with Crippen molar-refractivity contribution >= 4 is 22.3 Å². The first-order valence-electron chi connectivity index (χ1n) is 12.5. The van der Waals surface area contributed by atoms with Gasteiger partial charge in [0, 0.05) is 23.4 Å². The summed E-state index contributed by atoms with van der Waals surface area (Å²) in [5, 5.41) is 12.9. The summed E-state index contributed by atoms with van der Waals surface area (Å²) in [6.07, 6.45) is -3.60. The van der Waals surface area contributed by atoms with E-state index < -0.39 is 17.8 Å². The highest BCUT2D eigenvalue weighted by molar-refractivity contribution is 6.00. The van der Waals surface area contributed by atoms with Gasteiger partial charge in [0.05, 0.1) is 23.3 Å². The molecule has 7 nitrogen and oxygen atoms in total. The van der Waals surface area contributed by atoms with Crippen LogP contribution in [-0.4, -0.2) is 30.3 Å². The highest BCUT2D eigenvalue weighted by atomic mass is 19.4. The van der Waals surface area contributed by atoms with Crippen LogP contribution in [0.2, 0.25) is 0 Å². The van der Waals surface area contributed by atoms with Crippen LogP contribution in [0, 0.1) is 13.8 Å². The molecule has 0 saturated carbocycles. The summed E-state index contributed by atoms with van der Waals surface area (Å²) < 4.78 is 44.9. The maximum Gasteiger partial charge on any atom is 0.433 e. The van der Waals surface area contributed by atoms with E-state index in [2.05, 4.69) is 20.5 Å². The number of hydrogen-bond donors (Lipinski definition) is 1. The highest BCUT2D eigenvalue weighted by Gasteiger charge is 2.36. The standard InChI is InChI=1S/C30H23F3N6O/c1-18-24(19(2)38(37-18)21-11-4-3-5-12-21)16-34-29(40)25-17-35-39-27(30(31,32)33)15-26(36-28(25)39)23-14-8-10-20-9-6-7-13-22(20)23/h3-15,17H,16H2,1-2H3,(H,34,40). The van der Waals surface area contributed by atoms with Gasteiger partial charge in [-0.15, -0.1) is 0 Å². The van der Waals surface area contributed by atoms with Gasteiger partial charge in [-0.25, -0.2) is 14.2 Å². The van der Waals surface area contributed by atoms with E-state index >= 15 is 0 Å². The van der Waals surface area contributed by atoms with Crippen LogP contribution in [0.25, 0.3) is 33.4 Å². The predicted octanol–water partition coefficient (Wildman–Crippen LogP) is 6.30. The van der Waals surface area contributed by atoms with Gasteiger partial charge in [-0.3, -0.25) is 4.79 Å². The maximum absolute atomic E-state index is 14.1. The number of carbonyl (C=O) groups excluding carboxylic acids is 1. The summed E-state index contributed by atoms with van der Waals surface area (Å²) in [4.78, 5) is 17.8. The number of nitrogens with one attached hydrogen (secondary N) is 1. The summed E-state index contributed by atoms with van der Waals surface area (Å²) in [5.41, 5.74) is 2.65. The van der Waals surface area contributed by atoms with Crippen LogP contribution >= 0.6 is 0 Å². The number of benzene rings is 3. The van der Waals surface area contributed by atoms with E-state index in [1.807, 2.05) is 74.5 Å². The molecule has 6 aromatic rings. The Balaban J connectivity index is 1.39. The van der Waals surface area contributed by atoms with Crippen LogP contribution in [0.4, 0.5) is 13.2 Å². The normalized spacial score (nSPS) is 11.8. The average Bonchev–Trinajstić information content (AvgIpc) is 3.51. The molecule has 0 atom stereocenters. The first kappa shape index (κ1) is 25.3. The lowest BCUT2D eigenvalue weighted by atomic mass is 10.0. The molecule has 0 radical (unpaired) electrons. The SMILES string of the molecule is Cc1nn(-c2ccccc2)c(C)c1CNC(=O)c1cnn2c(C(F)(F)F)cc(-c3cccc4ccccc34)nc12. The van der Waals surface area contributed by atoms with Crippen molar-refractivity contribution in [2.24, 2.45) is 0 Å². The third-order valence-corrected chi connectivity index (χ3v) is 6.94. The fraction of sp³-hybridized carbons (Fsp3) is 0.133. The zero-order valence-corrected chi connectivity index (χ0v) is 21.6. The van der Waals surface area contributed by atoms with E-state index in [1.165, 1.54) is 0 Å². The van der Waals surface area contributed by atoms with E-state index in [1.54, 1.807) is 16.8 Å². The Morgan fingerprint density at radius 1 is 0.950 bits per heavy atom. The maximum atomic E-state index is 14.1. The van der Waals surface area contributed by atoms with Gasteiger partial charge >= 0.3 is 6.18 Å². The molecule has 200 valence electrons.